The van der Waals surface area contributed by atoms with Crippen molar-refractivity contribution >= 4 is 17.1 Å². The highest BCUT2D eigenvalue weighted by atomic mass is 15.1. The molecule has 0 aliphatic heterocycles. The maximum Gasteiger partial charge on any atom is 0.0467 e. The third-order valence-electron chi connectivity index (χ3n) is 17.9. The molecule has 7 aromatic rings. The molecule has 0 saturated heterocycles. The van der Waals surface area contributed by atoms with Crippen molar-refractivity contribution in [2.24, 2.45) is 41.4 Å². The van der Waals surface area contributed by atoms with E-state index < -0.39 is 0 Å². The van der Waals surface area contributed by atoms with E-state index >= 15 is 0 Å². The first-order valence-electron chi connectivity index (χ1n) is 23.9. The van der Waals surface area contributed by atoms with E-state index in [1.54, 1.807) is 11.1 Å². The van der Waals surface area contributed by atoms with E-state index in [4.69, 9.17) is 0 Å². The maximum atomic E-state index is 2.71. The summed E-state index contributed by atoms with van der Waals surface area (Å²) in [5.74, 6) is 5.93. The second-order valence-electron chi connectivity index (χ2n) is 20.8. The normalized spacial score (nSPS) is 27.8. The number of nitrogens with zero attached hydrogens (tertiary/aromatic N) is 1. The highest BCUT2D eigenvalue weighted by molar-refractivity contribution is 5.95. The van der Waals surface area contributed by atoms with Gasteiger partial charge in [0, 0.05) is 27.9 Å². The van der Waals surface area contributed by atoms with Crippen molar-refractivity contribution in [3.8, 4) is 44.5 Å². The number of hydrogen-bond donors (Lipinski definition) is 0. The summed E-state index contributed by atoms with van der Waals surface area (Å²) in [4.78, 5) is 2.51. The van der Waals surface area contributed by atoms with Gasteiger partial charge in [-0.2, -0.15) is 0 Å². The van der Waals surface area contributed by atoms with Crippen LogP contribution in [-0.2, 0) is 10.8 Å². The van der Waals surface area contributed by atoms with Gasteiger partial charge in [-0.1, -0.05) is 167 Å². The van der Waals surface area contributed by atoms with Crippen molar-refractivity contribution in [2.45, 2.75) is 76.5 Å². The lowest BCUT2D eigenvalue weighted by Crippen LogP contribution is -2.58. The van der Waals surface area contributed by atoms with Gasteiger partial charge in [0.2, 0.25) is 0 Å². The van der Waals surface area contributed by atoms with Crippen LogP contribution in [0.2, 0.25) is 0 Å². The number of hydrogen-bond acceptors (Lipinski definition) is 1. The number of anilines is 3. The topological polar surface area (TPSA) is 3.24 Å². The Bertz CT molecular complexity index is 2900. The molecule has 4 bridgehead atoms. The lowest BCUT2D eigenvalue weighted by molar-refractivity contribution is -0.0898. The maximum absolute atomic E-state index is 2.71. The number of fused-ring (bicyclic) bond motifs is 11. The van der Waals surface area contributed by atoms with Gasteiger partial charge in [0.1, 0.15) is 0 Å². The van der Waals surface area contributed by atoms with Crippen LogP contribution in [0.15, 0.2) is 164 Å². The summed E-state index contributed by atoms with van der Waals surface area (Å²) in [7, 11) is 0. The second-order valence-corrected chi connectivity index (χ2v) is 20.8. The Balaban J connectivity index is 0.977. The minimum atomic E-state index is -0.0961. The number of benzene rings is 7. The fourth-order valence-corrected chi connectivity index (χ4v) is 15.4. The Morgan fingerprint density at radius 2 is 1.08 bits per heavy atom. The van der Waals surface area contributed by atoms with Gasteiger partial charge in [-0.15, -0.1) is 0 Å². The van der Waals surface area contributed by atoms with Crippen LogP contribution in [0.25, 0.3) is 44.5 Å². The standard InChI is InChI=1S/C61H57N/c1-38-52-31-39-15-11-19-42-33-44(36-54(52)53(42)32-39)61(38)56-27-10-8-24-51(56)59-48(25-14-28-57(59)61)43-20-13-22-46(35-43)62(45-21-12-18-41(34-45)40-16-5-4-6-17-40)47-29-30-50-49-23-7-9-26-55(49)60(2,3)58(50)37-47/h4-10,12-14,16-18,20-30,34-35,37-39,42,44,52-54H,11,15,19,31-33,36H2,1-3H3. The second kappa shape index (κ2) is 13.7. The monoisotopic (exact) mass is 803 g/mol. The largest absolute Gasteiger partial charge is 0.310 e. The molecule has 0 amide bonds. The first-order chi connectivity index (χ1) is 30.4. The third kappa shape index (κ3) is 5.15. The quantitative estimate of drug-likeness (QED) is 0.168. The molecule has 8 unspecified atom stereocenters. The Hall–Kier alpha value is -5.66. The molecule has 0 heterocycles. The zero-order chi connectivity index (χ0) is 41.3. The van der Waals surface area contributed by atoms with Crippen LogP contribution in [0.4, 0.5) is 17.1 Å². The van der Waals surface area contributed by atoms with E-state index in [1.807, 2.05) is 0 Å². The van der Waals surface area contributed by atoms with Crippen LogP contribution >= 0.6 is 0 Å². The van der Waals surface area contributed by atoms with E-state index in [2.05, 4.69) is 189 Å². The average Bonchev–Trinajstić information content (AvgIpc) is 3.63. The Morgan fingerprint density at radius 3 is 1.92 bits per heavy atom. The summed E-state index contributed by atoms with van der Waals surface area (Å²) in [6.07, 6.45) is 10.2. The van der Waals surface area contributed by atoms with E-state index in [1.165, 1.54) is 118 Å². The summed E-state index contributed by atoms with van der Waals surface area (Å²) in [5.41, 5.74) is 20.4. The molecule has 8 atom stereocenters. The minimum Gasteiger partial charge on any atom is -0.310 e. The predicted molar refractivity (Wildman–Crippen MR) is 258 cm³/mol. The Morgan fingerprint density at radius 1 is 0.452 bits per heavy atom. The zero-order valence-corrected chi connectivity index (χ0v) is 36.5. The zero-order valence-electron chi connectivity index (χ0n) is 36.5. The van der Waals surface area contributed by atoms with Crippen LogP contribution in [0.1, 0.15) is 88.0 Å². The van der Waals surface area contributed by atoms with E-state index in [9.17, 15) is 0 Å². The van der Waals surface area contributed by atoms with Gasteiger partial charge < -0.3 is 4.90 Å². The van der Waals surface area contributed by atoms with Gasteiger partial charge >= 0.3 is 0 Å². The van der Waals surface area contributed by atoms with Gasteiger partial charge in [0.15, 0.2) is 0 Å². The molecule has 0 N–H and O–H groups in total. The van der Waals surface area contributed by atoms with Gasteiger partial charge in [-0.05, 0) is 170 Å². The molecule has 1 nitrogen and oxygen atoms in total. The summed E-state index contributed by atoms with van der Waals surface area (Å²) in [6.45, 7) is 7.49. The van der Waals surface area contributed by atoms with Crippen LogP contribution in [-0.4, -0.2) is 0 Å². The van der Waals surface area contributed by atoms with Gasteiger partial charge in [0.05, 0.1) is 0 Å². The molecular weight excluding hydrogens is 747 g/mol. The predicted octanol–water partition coefficient (Wildman–Crippen LogP) is 16.2. The molecule has 0 aromatic heterocycles. The molecule has 1 spiro atoms. The molecule has 1 heteroatoms. The fraction of sp³-hybridized carbons (Fsp3) is 0.311. The van der Waals surface area contributed by atoms with Crippen LogP contribution in [0.3, 0.4) is 0 Å². The lowest BCUT2D eigenvalue weighted by Gasteiger charge is -2.63. The van der Waals surface area contributed by atoms with Crippen LogP contribution in [0.5, 0.6) is 0 Å². The highest BCUT2D eigenvalue weighted by Crippen LogP contribution is 2.71. The molecule has 6 aliphatic rings. The van der Waals surface area contributed by atoms with Crippen molar-refractivity contribution in [2.75, 3.05) is 4.90 Å². The molecule has 7 aromatic carbocycles. The van der Waals surface area contributed by atoms with Crippen molar-refractivity contribution in [1.29, 1.82) is 0 Å². The van der Waals surface area contributed by atoms with Crippen LogP contribution in [0, 0.1) is 41.4 Å². The molecule has 306 valence electrons. The molecule has 4 fully saturated rings. The summed E-state index contributed by atoms with van der Waals surface area (Å²) in [5, 5.41) is 0. The van der Waals surface area contributed by atoms with Gasteiger partial charge in [-0.3, -0.25) is 0 Å². The van der Waals surface area contributed by atoms with E-state index in [-0.39, 0.29) is 10.8 Å². The highest BCUT2D eigenvalue weighted by Gasteiger charge is 2.63. The van der Waals surface area contributed by atoms with E-state index in [0.717, 1.165) is 29.6 Å². The molecule has 4 saturated carbocycles. The summed E-state index contributed by atoms with van der Waals surface area (Å²) < 4.78 is 0. The van der Waals surface area contributed by atoms with Gasteiger partial charge in [-0.25, -0.2) is 0 Å². The first kappa shape index (κ1) is 36.9. The average molecular weight is 804 g/mol. The third-order valence-corrected chi connectivity index (χ3v) is 17.9. The van der Waals surface area contributed by atoms with Crippen molar-refractivity contribution in [1.82, 2.24) is 0 Å². The SMILES string of the molecule is CC1C2CC3CCCC4CC(CC2C4C3)C12c1ccccc1-c1c(-c3cccc(N(c4cccc(-c5ccccc5)c4)c4ccc5c(c4)C(C)(C)c4ccccc4-5)c3)cccc12. The Kier molecular flexibility index (Phi) is 8.14. The minimum absolute atomic E-state index is 0.0782. The molecule has 6 aliphatic carbocycles. The lowest BCUT2D eigenvalue weighted by atomic mass is 9.41. The summed E-state index contributed by atoms with van der Waals surface area (Å²) in [6, 6.07) is 62.8. The molecular formula is C61H57N. The summed E-state index contributed by atoms with van der Waals surface area (Å²) >= 11 is 0. The molecule has 13 rings (SSSR count). The van der Waals surface area contributed by atoms with Crippen molar-refractivity contribution < 1.29 is 0 Å². The fourth-order valence-electron chi connectivity index (χ4n) is 15.4. The van der Waals surface area contributed by atoms with E-state index in [0.29, 0.717) is 11.8 Å². The first-order valence-corrected chi connectivity index (χ1v) is 23.9. The van der Waals surface area contributed by atoms with Crippen molar-refractivity contribution in [3.63, 3.8) is 0 Å². The van der Waals surface area contributed by atoms with Crippen molar-refractivity contribution in [3.05, 3.63) is 186 Å². The smallest absolute Gasteiger partial charge is 0.0467 e. The molecule has 62 heavy (non-hydrogen) atoms. The number of rotatable bonds is 5. The van der Waals surface area contributed by atoms with Crippen LogP contribution < -0.4 is 4.90 Å². The molecule has 0 radical (unpaired) electrons. The Labute approximate surface area is 368 Å². The van der Waals surface area contributed by atoms with Gasteiger partial charge in [0.25, 0.3) is 0 Å².